The van der Waals surface area contributed by atoms with Crippen LogP contribution in [0.1, 0.15) is 30.5 Å². The molecule has 1 aromatic carbocycles. The van der Waals surface area contributed by atoms with Gasteiger partial charge in [-0.3, -0.25) is 10.00 Å². The molecule has 5 nitrogen and oxygen atoms in total. The van der Waals surface area contributed by atoms with E-state index in [9.17, 15) is 8.78 Å². The molecule has 27 heavy (non-hydrogen) atoms. The van der Waals surface area contributed by atoms with Gasteiger partial charge in [0.15, 0.2) is 5.65 Å². The van der Waals surface area contributed by atoms with Crippen LogP contribution in [-0.4, -0.2) is 44.7 Å². The molecule has 1 unspecified atom stereocenters. The summed E-state index contributed by atoms with van der Waals surface area (Å²) in [5.41, 5.74) is 1.83. The lowest BCUT2D eigenvalue weighted by molar-refractivity contribution is -0.0373. The number of hydrogen-bond donors (Lipinski definition) is 1. The van der Waals surface area contributed by atoms with Crippen molar-refractivity contribution < 1.29 is 8.78 Å². The smallest absolute Gasteiger partial charge is 0.285 e. The van der Waals surface area contributed by atoms with Crippen LogP contribution >= 0.6 is 0 Å². The predicted octanol–water partition coefficient (Wildman–Crippen LogP) is 3.79. The van der Waals surface area contributed by atoms with Crippen molar-refractivity contribution in [3.05, 3.63) is 54.1 Å². The van der Waals surface area contributed by atoms with Crippen LogP contribution in [-0.2, 0) is 12.3 Å². The van der Waals surface area contributed by atoms with E-state index in [1.165, 1.54) is 12.1 Å². The summed E-state index contributed by atoms with van der Waals surface area (Å²) < 4.78 is 29.2. The molecule has 0 spiro atoms. The van der Waals surface area contributed by atoms with E-state index in [0.29, 0.717) is 19.0 Å². The molecule has 1 saturated heterocycles. The van der Waals surface area contributed by atoms with Crippen molar-refractivity contribution in [3.8, 4) is 0 Å². The second kappa shape index (κ2) is 7.68. The van der Waals surface area contributed by atoms with Crippen LogP contribution in [0, 0.1) is 5.92 Å². The zero-order chi connectivity index (χ0) is 18.7. The van der Waals surface area contributed by atoms with Gasteiger partial charge in [0.2, 0.25) is 0 Å². The summed E-state index contributed by atoms with van der Waals surface area (Å²) in [7, 11) is 0. The first kappa shape index (κ1) is 18.0. The van der Waals surface area contributed by atoms with Crippen molar-refractivity contribution >= 4 is 11.0 Å². The standard InChI is InChI=1S/C20H23F2N5/c21-20(22,16-6-2-1-3-7-16)13-27-9-4-5-15(8-10-27)11-18-17-12-25-26-19(17)24-14-23-18/h1-3,6-7,12,14-15H,4-5,8-11,13H2,(H,23,24,25,26). The summed E-state index contributed by atoms with van der Waals surface area (Å²) in [5, 5.41) is 7.85. The highest BCUT2D eigenvalue weighted by Crippen LogP contribution is 2.31. The summed E-state index contributed by atoms with van der Waals surface area (Å²) >= 11 is 0. The Morgan fingerprint density at radius 1 is 1.11 bits per heavy atom. The average Bonchev–Trinajstić information content (AvgIpc) is 3.06. The van der Waals surface area contributed by atoms with E-state index in [4.69, 9.17) is 0 Å². The monoisotopic (exact) mass is 371 g/mol. The molecular formula is C20H23F2N5. The van der Waals surface area contributed by atoms with Crippen LogP contribution in [0.4, 0.5) is 8.78 Å². The normalized spacial score (nSPS) is 19.3. The van der Waals surface area contributed by atoms with Crippen LogP contribution in [0.25, 0.3) is 11.0 Å². The largest absolute Gasteiger partial charge is 0.297 e. The fourth-order valence-electron chi connectivity index (χ4n) is 3.89. The van der Waals surface area contributed by atoms with Gasteiger partial charge in [0.05, 0.1) is 23.8 Å². The topological polar surface area (TPSA) is 57.7 Å². The first-order valence-electron chi connectivity index (χ1n) is 9.40. The van der Waals surface area contributed by atoms with Crippen LogP contribution in [0.15, 0.2) is 42.9 Å². The highest BCUT2D eigenvalue weighted by atomic mass is 19.3. The van der Waals surface area contributed by atoms with Crippen LogP contribution in [0.2, 0.25) is 0 Å². The number of rotatable bonds is 5. The molecule has 0 saturated carbocycles. The maximum absolute atomic E-state index is 14.6. The lowest BCUT2D eigenvalue weighted by Gasteiger charge is -2.26. The Kier molecular flexibility index (Phi) is 5.11. The van der Waals surface area contributed by atoms with E-state index in [2.05, 4.69) is 20.2 Å². The van der Waals surface area contributed by atoms with Crippen LogP contribution in [0.3, 0.4) is 0 Å². The zero-order valence-corrected chi connectivity index (χ0v) is 15.1. The minimum Gasteiger partial charge on any atom is -0.297 e. The molecular weight excluding hydrogens is 348 g/mol. The van der Waals surface area contributed by atoms with Gasteiger partial charge in [-0.15, -0.1) is 0 Å². The van der Waals surface area contributed by atoms with Crippen LogP contribution < -0.4 is 0 Å². The minimum atomic E-state index is -2.82. The number of H-pyrrole nitrogens is 1. The third-order valence-corrected chi connectivity index (χ3v) is 5.37. The molecule has 0 aliphatic carbocycles. The summed E-state index contributed by atoms with van der Waals surface area (Å²) in [4.78, 5) is 10.5. The van der Waals surface area contributed by atoms with E-state index < -0.39 is 5.92 Å². The Hall–Kier alpha value is -2.41. The van der Waals surface area contributed by atoms with Gasteiger partial charge in [-0.25, -0.2) is 9.97 Å². The van der Waals surface area contributed by atoms with Gasteiger partial charge < -0.3 is 0 Å². The highest BCUT2D eigenvalue weighted by Gasteiger charge is 2.34. The molecule has 1 atom stereocenters. The molecule has 0 bridgehead atoms. The molecule has 1 aliphatic rings. The number of benzene rings is 1. The number of nitrogens with one attached hydrogen (secondary N) is 1. The summed E-state index contributed by atoms with van der Waals surface area (Å²) in [6, 6.07) is 8.11. The zero-order valence-electron chi connectivity index (χ0n) is 15.1. The van der Waals surface area contributed by atoms with Gasteiger partial charge in [0, 0.05) is 5.56 Å². The average molecular weight is 371 g/mol. The number of hydrogen-bond acceptors (Lipinski definition) is 4. The number of fused-ring (bicyclic) bond motifs is 1. The second-order valence-electron chi connectivity index (χ2n) is 7.30. The maximum Gasteiger partial charge on any atom is 0.285 e. The highest BCUT2D eigenvalue weighted by molar-refractivity contribution is 5.75. The third-order valence-electron chi connectivity index (χ3n) is 5.37. The van der Waals surface area contributed by atoms with Crippen molar-refractivity contribution in [3.63, 3.8) is 0 Å². The lowest BCUT2D eigenvalue weighted by atomic mass is 9.94. The van der Waals surface area contributed by atoms with E-state index in [1.807, 2.05) is 4.90 Å². The van der Waals surface area contributed by atoms with E-state index in [0.717, 1.165) is 42.4 Å². The van der Waals surface area contributed by atoms with Crippen molar-refractivity contribution in [2.75, 3.05) is 19.6 Å². The molecule has 0 radical (unpaired) electrons. The van der Waals surface area contributed by atoms with Crippen molar-refractivity contribution in [1.82, 2.24) is 25.1 Å². The van der Waals surface area contributed by atoms with Crippen molar-refractivity contribution in [1.29, 1.82) is 0 Å². The number of halogens is 2. The second-order valence-corrected chi connectivity index (χ2v) is 7.30. The number of aromatic amines is 1. The minimum absolute atomic E-state index is 0.0918. The lowest BCUT2D eigenvalue weighted by Crippen LogP contribution is -2.36. The molecule has 142 valence electrons. The quantitative estimate of drug-likeness (QED) is 0.741. The van der Waals surface area contributed by atoms with Gasteiger partial charge in [-0.2, -0.15) is 13.9 Å². The van der Waals surface area contributed by atoms with Gasteiger partial charge in [-0.1, -0.05) is 30.3 Å². The Morgan fingerprint density at radius 2 is 1.96 bits per heavy atom. The van der Waals surface area contributed by atoms with E-state index >= 15 is 0 Å². The molecule has 3 aromatic rings. The Morgan fingerprint density at radius 3 is 2.81 bits per heavy atom. The Bertz CT molecular complexity index is 880. The van der Waals surface area contributed by atoms with Crippen molar-refractivity contribution in [2.45, 2.75) is 31.6 Å². The first-order chi connectivity index (χ1) is 13.1. The van der Waals surface area contributed by atoms with Gasteiger partial charge in [0.25, 0.3) is 5.92 Å². The molecule has 1 aliphatic heterocycles. The van der Waals surface area contributed by atoms with E-state index in [1.54, 1.807) is 30.7 Å². The van der Waals surface area contributed by atoms with Gasteiger partial charge >= 0.3 is 0 Å². The molecule has 1 N–H and O–H groups in total. The van der Waals surface area contributed by atoms with Crippen molar-refractivity contribution in [2.24, 2.45) is 5.92 Å². The molecule has 2 aromatic heterocycles. The first-order valence-corrected chi connectivity index (χ1v) is 9.40. The summed E-state index contributed by atoms with van der Waals surface area (Å²) in [6.07, 6.45) is 6.99. The van der Waals surface area contributed by atoms with Gasteiger partial charge in [-0.05, 0) is 44.7 Å². The number of aromatic nitrogens is 4. The molecule has 0 amide bonds. The third kappa shape index (κ3) is 4.13. The Balaban J connectivity index is 1.38. The summed E-state index contributed by atoms with van der Waals surface area (Å²) in [6.45, 7) is 1.18. The molecule has 7 heteroatoms. The molecule has 4 rings (SSSR count). The molecule has 1 fully saturated rings. The summed E-state index contributed by atoms with van der Waals surface area (Å²) in [5.74, 6) is -2.38. The van der Waals surface area contributed by atoms with E-state index in [-0.39, 0.29) is 12.1 Å². The van der Waals surface area contributed by atoms with Crippen LogP contribution in [0.5, 0.6) is 0 Å². The predicted molar refractivity (Wildman–Crippen MR) is 99.5 cm³/mol. The fraction of sp³-hybridized carbons (Fsp3) is 0.450. The SMILES string of the molecule is FC(F)(CN1CCCC(Cc2ncnc3[nH]ncc23)CC1)c1ccccc1. The number of alkyl halides is 2. The molecule has 3 heterocycles. The fourth-order valence-corrected chi connectivity index (χ4v) is 3.89. The number of nitrogens with zero attached hydrogens (tertiary/aromatic N) is 4. The van der Waals surface area contributed by atoms with Gasteiger partial charge in [0.1, 0.15) is 6.33 Å². The maximum atomic E-state index is 14.6. The Labute approximate surface area is 156 Å². The number of likely N-dealkylation sites (tertiary alicyclic amines) is 1.